The van der Waals surface area contributed by atoms with Crippen LogP contribution in [0, 0.1) is 5.41 Å². The Balaban J connectivity index is 2.26. The Morgan fingerprint density at radius 3 is 2.68 bits per heavy atom. The van der Waals surface area contributed by atoms with Gasteiger partial charge in [0.05, 0.1) is 6.61 Å². The summed E-state index contributed by atoms with van der Waals surface area (Å²) in [5.41, 5.74) is 6.08. The Morgan fingerprint density at radius 2 is 2.05 bits per heavy atom. The van der Waals surface area contributed by atoms with Crippen LogP contribution >= 0.6 is 15.9 Å². The minimum Gasteiger partial charge on any atom is -0.491 e. The Labute approximate surface area is 121 Å². The van der Waals surface area contributed by atoms with Gasteiger partial charge >= 0.3 is 0 Å². The van der Waals surface area contributed by atoms with Crippen LogP contribution in [0.25, 0.3) is 0 Å². The molecule has 0 radical (unpaired) electrons. The molecule has 0 bridgehead atoms. The van der Waals surface area contributed by atoms with E-state index in [1.54, 1.807) is 25.3 Å². The van der Waals surface area contributed by atoms with Crippen molar-refractivity contribution in [2.45, 2.75) is 6.42 Å². The fraction of sp³-hybridized carbons (Fsp3) is 0.462. The highest BCUT2D eigenvalue weighted by molar-refractivity contribution is 9.10. The van der Waals surface area contributed by atoms with Crippen LogP contribution in [0.3, 0.4) is 0 Å². The first-order valence-corrected chi connectivity index (χ1v) is 6.78. The van der Waals surface area contributed by atoms with Crippen LogP contribution in [0.1, 0.15) is 12.0 Å². The van der Waals surface area contributed by atoms with E-state index in [1.807, 2.05) is 0 Å². The van der Waals surface area contributed by atoms with Crippen LogP contribution in [0.15, 0.2) is 22.7 Å². The van der Waals surface area contributed by atoms with Gasteiger partial charge in [0.1, 0.15) is 18.2 Å². The molecule has 6 heteroatoms. The van der Waals surface area contributed by atoms with E-state index in [1.165, 1.54) is 0 Å². The van der Waals surface area contributed by atoms with Gasteiger partial charge in [0.15, 0.2) is 0 Å². The molecule has 1 rings (SSSR count). The van der Waals surface area contributed by atoms with Gasteiger partial charge in [0, 0.05) is 30.4 Å². The standard InChI is InChI=1S/C13H19BrN2O3/c1-17-5-2-6-18-7-8-19-10-3-4-11(13(15)16)12(14)9-10/h3-4,9H,2,5-8H2,1H3,(H3,15,16). The largest absolute Gasteiger partial charge is 0.491 e. The molecule has 0 aliphatic rings. The molecule has 0 unspecified atom stereocenters. The number of halogens is 1. The number of benzene rings is 1. The molecule has 0 aliphatic carbocycles. The third-order valence-corrected chi connectivity index (χ3v) is 3.02. The highest BCUT2D eigenvalue weighted by Crippen LogP contribution is 2.22. The van der Waals surface area contributed by atoms with Crippen molar-refractivity contribution in [1.29, 1.82) is 5.41 Å². The quantitative estimate of drug-likeness (QED) is 0.413. The number of ether oxygens (including phenoxy) is 3. The van der Waals surface area contributed by atoms with Gasteiger partial charge in [0.25, 0.3) is 0 Å². The molecule has 0 heterocycles. The summed E-state index contributed by atoms with van der Waals surface area (Å²) in [5, 5.41) is 7.37. The van der Waals surface area contributed by atoms with E-state index in [9.17, 15) is 0 Å². The summed E-state index contributed by atoms with van der Waals surface area (Å²) < 4.78 is 16.6. The Morgan fingerprint density at radius 1 is 1.26 bits per heavy atom. The molecular formula is C13H19BrN2O3. The van der Waals surface area contributed by atoms with Crippen molar-refractivity contribution in [2.24, 2.45) is 5.73 Å². The van der Waals surface area contributed by atoms with Gasteiger partial charge in [-0.05, 0) is 40.5 Å². The van der Waals surface area contributed by atoms with Crippen molar-refractivity contribution in [3.05, 3.63) is 28.2 Å². The molecule has 0 saturated carbocycles. The molecule has 0 spiro atoms. The molecule has 0 fully saturated rings. The first-order valence-electron chi connectivity index (χ1n) is 5.98. The molecule has 0 aromatic heterocycles. The van der Waals surface area contributed by atoms with E-state index < -0.39 is 0 Å². The van der Waals surface area contributed by atoms with Gasteiger partial charge in [-0.3, -0.25) is 5.41 Å². The van der Waals surface area contributed by atoms with Crippen molar-refractivity contribution in [3.8, 4) is 5.75 Å². The Bertz CT molecular complexity index is 413. The number of amidine groups is 1. The molecule has 0 atom stereocenters. The number of nitrogens with one attached hydrogen (secondary N) is 1. The van der Waals surface area contributed by atoms with E-state index in [-0.39, 0.29) is 5.84 Å². The Kier molecular flexibility index (Phi) is 7.47. The first kappa shape index (κ1) is 15.9. The van der Waals surface area contributed by atoms with Gasteiger partial charge in [-0.25, -0.2) is 0 Å². The zero-order valence-electron chi connectivity index (χ0n) is 10.9. The first-order chi connectivity index (χ1) is 9.15. The number of nitrogen functional groups attached to an aromatic ring is 1. The summed E-state index contributed by atoms with van der Waals surface area (Å²) in [6.07, 6.45) is 0.884. The maximum atomic E-state index is 7.37. The lowest BCUT2D eigenvalue weighted by molar-refractivity contribution is 0.0806. The van der Waals surface area contributed by atoms with Gasteiger partial charge < -0.3 is 19.9 Å². The summed E-state index contributed by atoms with van der Waals surface area (Å²) >= 11 is 3.35. The van der Waals surface area contributed by atoms with Crippen molar-refractivity contribution in [1.82, 2.24) is 0 Å². The van der Waals surface area contributed by atoms with E-state index in [0.717, 1.165) is 16.6 Å². The third-order valence-electron chi connectivity index (χ3n) is 2.36. The van der Waals surface area contributed by atoms with Gasteiger partial charge in [-0.1, -0.05) is 0 Å². The third kappa shape index (κ3) is 6.04. The molecule has 3 N–H and O–H groups in total. The molecule has 5 nitrogen and oxygen atoms in total. The molecular weight excluding hydrogens is 312 g/mol. The number of rotatable bonds is 9. The van der Waals surface area contributed by atoms with Crippen LogP contribution in [0.2, 0.25) is 0 Å². The van der Waals surface area contributed by atoms with Gasteiger partial charge in [0.2, 0.25) is 0 Å². The second-order valence-corrected chi connectivity index (χ2v) is 4.72. The van der Waals surface area contributed by atoms with E-state index in [2.05, 4.69) is 15.9 Å². The van der Waals surface area contributed by atoms with Crippen molar-refractivity contribution >= 4 is 21.8 Å². The summed E-state index contributed by atoms with van der Waals surface area (Å²) in [6.45, 7) is 2.40. The van der Waals surface area contributed by atoms with Crippen LogP contribution in [-0.4, -0.2) is 39.4 Å². The van der Waals surface area contributed by atoms with Crippen molar-refractivity contribution in [2.75, 3.05) is 33.5 Å². The van der Waals surface area contributed by atoms with Crippen molar-refractivity contribution < 1.29 is 14.2 Å². The average Bonchev–Trinajstić information content (AvgIpc) is 2.37. The predicted molar refractivity (Wildman–Crippen MR) is 78.0 cm³/mol. The fourth-order valence-corrected chi connectivity index (χ4v) is 2.00. The zero-order chi connectivity index (χ0) is 14.1. The fourth-order valence-electron chi connectivity index (χ4n) is 1.43. The number of nitrogens with two attached hydrogens (primary N) is 1. The van der Waals surface area contributed by atoms with Crippen LogP contribution in [0.5, 0.6) is 5.75 Å². The number of hydrogen-bond donors (Lipinski definition) is 2. The van der Waals surface area contributed by atoms with E-state index in [0.29, 0.717) is 32.0 Å². The summed E-state index contributed by atoms with van der Waals surface area (Å²) in [6, 6.07) is 5.33. The smallest absolute Gasteiger partial charge is 0.123 e. The average molecular weight is 331 g/mol. The van der Waals surface area contributed by atoms with Gasteiger partial charge in [-0.15, -0.1) is 0 Å². The predicted octanol–water partition coefficient (Wildman–Crippen LogP) is 2.17. The normalized spacial score (nSPS) is 10.4. The lowest BCUT2D eigenvalue weighted by Crippen LogP contribution is -2.12. The zero-order valence-corrected chi connectivity index (χ0v) is 12.5. The van der Waals surface area contributed by atoms with Crippen LogP contribution in [0.4, 0.5) is 0 Å². The topological polar surface area (TPSA) is 77.6 Å². The molecule has 1 aromatic rings. The highest BCUT2D eigenvalue weighted by Gasteiger charge is 2.04. The summed E-state index contributed by atoms with van der Waals surface area (Å²) in [5.74, 6) is 0.747. The van der Waals surface area contributed by atoms with E-state index in [4.69, 9.17) is 25.4 Å². The molecule has 0 amide bonds. The lowest BCUT2D eigenvalue weighted by atomic mass is 10.2. The van der Waals surface area contributed by atoms with Crippen molar-refractivity contribution in [3.63, 3.8) is 0 Å². The SMILES string of the molecule is COCCCOCCOc1ccc(C(=N)N)c(Br)c1. The minimum atomic E-state index is 0.0277. The maximum absolute atomic E-state index is 7.37. The highest BCUT2D eigenvalue weighted by atomic mass is 79.9. The molecule has 1 aromatic carbocycles. The van der Waals surface area contributed by atoms with Gasteiger partial charge in [-0.2, -0.15) is 0 Å². The summed E-state index contributed by atoms with van der Waals surface area (Å²) in [4.78, 5) is 0. The number of hydrogen-bond acceptors (Lipinski definition) is 4. The second-order valence-electron chi connectivity index (χ2n) is 3.86. The maximum Gasteiger partial charge on any atom is 0.123 e. The van der Waals surface area contributed by atoms with Crippen LogP contribution in [-0.2, 0) is 9.47 Å². The lowest BCUT2D eigenvalue weighted by Gasteiger charge is -2.09. The monoisotopic (exact) mass is 330 g/mol. The molecule has 106 valence electrons. The number of methoxy groups -OCH3 is 1. The Hall–Kier alpha value is -1.11. The van der Waals surface area contributed by atoms with E-state index >= 15 is 0 Å². The summed E-state index contributed by atoms with van der Waals surface area (Å²) in [7, 11) is 1.67. The molecule has 0 aliphatic heterocycles. The van der Waals surface area contributed by atoms with Crippen LogP contribution < -0.4 is 10.5 Å². The minimum absolute atomic E-state index is 0.0277. The molecule has 0 saturated heterocycles. The second kappa shape index (κ2) is 8.90. The molecule has 19 heavy (non-hydrogen) atoms.